The summed E-state index contributed by atoms with van der Waals surface area (Å²) in [5, 5.41) is 3.86. The number of piperidine rings is 1. The molecular formula is C32H55NO4Si. The number of ether oxygens (including phenoxy) is 1. The second kappa shape index (κ2) is 11.0. The zero-order chi connectivity index (χ0) is 28.0. The van der Waals surface area contributed by atoms with E-state index in [1.54, 1.807) is 0 Å². The van der Waals surface area contributed by atoms with Gasteiger partial charge in [-0.15, -0.1) is 0 Å². The third kappa shape index (κ3) is 4.74. The Labute approximate surface area is 233 Å². The second-order valence-electron chi connectivity index (χ2n) is 14.4. The normalized spacial score (nSPS) is 37.0. The maximum Gasteiger partial charge on any atom is 0.317 e. The molecule has 4 rings (SSSR count). The van der Waals surface area contributed by atoms with Gasteiger partial charge in [-0.05, 0) is 78.0 Å². The molecule has 1 heterocycles. The quantitative estimate of drug-likeness (QED) is 0.141. The van der Waals surface area contributed by atoms with Gasteiger partial charge in [0.15, 0.2) is 0 Å². The first-order valence-corrected chi connectivity index (χ1v) is 17.8. The van der Waals surface area contributed by atoms with E-state index in [2.05, 4.69) is 73.7 Å². The molecule has 7 atom stereocenters. The van der Waals surface area contributed by atoms with Crippen LogP contribution in [0.2, 0.25) is 16.6 Å². The number of fused-ring (bicyclic) bond motifs is 5. The number of hydrogen-bond donors (Lipinski definition) is 1. The van der Waals surface area contributed by atoms with Gasteiger partial charge < -0.3 is 14.5 Å². The number of esters is 1. The predicted octanol–water partition coefficient (Wildman–Crippen LogP) is 7.42. The summed E-state index contributed by atoms with van der Waals surface area (Å²) in [5.41, 5.74) is 2.92. The summed E-state index contributed by atoms with van der Waals surface area (Å²) in [6, 6.07) is 0. The first kappa shape index (κ1) is 29.8. The largest absolute Gasteiger partial charge is 0.465 e. The highest BCUT2D eigenvalue weighted by atomic mass is 28.4. The minimum absolute atomic E-state index is 0.0879. The van der Waals surface area contributed by atoms with E-state index in [4.69, 9.17) is 9.16 Å². The Morgan fingerprint density at radius 1 is 1.05 bits per heavy atom. The lowest BCUT2D eigenvalue weighted by molar-refractivity contribution is -0.158. The van der Waals surface area contributed by atoms with E-state index in [1.165, 1.54) is 5.70 Å². The number of allylic oxidation sites excluding steroid dienone is 1. The van der Waals surface area contributed by atoms with Crippen molar-refractivity contribution in [1.82, 2.24) is 5.32 Å². The lowest BCUT2D eigenvalue weighted by Gasteiger charge is -2.58. The summed E-state index contributed by atoms with van der Waals surface area (Å²) in [6.45, 7) is 22.3. The van der Waals surface area contributed by atoms with Crippen molar-refractivity contribution in [3.05, 3.63) is 11.8 Å². The lowest BCUT2D eigenvalue weighted by Crippen LogP contribution is -2.58. The molecule has 0 aromatic rings. The van der Waals surface area contributed by atoms with Crippen LogP contribution in [0.25, 0.3) is 0 Å². The smallest absolute Gasteiger partial charge is 0.317 e. The molecule has 6 heteroatoms. The molecule has 0 aromatic carbocycles. The number of nitrogens with one attached hydrogen (secondary N) is 1. The molecule has 1 N–H and O–H groups in total. The molecule has 1 aliphatic heterocycles. The molecular weight excluding hydrogens is 490 g/mol. The fourth-order valence-corrected chi connectivity index (χ4v) is 15.2. The average Bonchev–Trinajstić information content (AvgIpc) is 3.11. The van der Waals surface area contributed by atoms with E-state index in [9.17, 15) is 9.59 Å². The van der Waals surface area contributed by atoms with Gasteiger partial charge in [0.05, 0.1) is 12.7 Å². The van der Waals surface area contributed by atoms with Gasteiger partial charge in [0.25, 0.3) is 0 Å². The summed E-state index contributed by atoms with van der Waals surface area (Å²) in [5.74, 6) is 0.467. The van der Waals surface area contributed by atoms with Crippen molar-refractivity contribution in [1.29, 1.82) is 0 Å². The average molecular weight is 546 g/mol. The van der Waals surface area contributed by atoms with Gasteiger partial charge in [-0.3, -0.25) is 9.59 Å². The third-order valence-electron chi connectivity index (χ3n) is 11.6. The molecule has 0 bridgehead atoms. The first-order valence-electron chi connectivity index (χ1n) is 15.7. The fourth-order valence-electron chi connectivity index (χ4n) is 9.63. The molecule has 0 amide bonds. The highest BCUT2D eigenvalue weighted by molar-refractivity contribution is 6.77. The van der Waals surface area contributed by atoms with Crippen LogP contribution in [0.3, 0.4) is 0 Å². The van der Waals surface area contributed by atoms with Crippen molar-refractivity contribution in [3.63, 3.8) is 0 Å². The SMILES string of the molecule is CCCCOC(=O)C1C(=O)C[C@H]2[C@@H]3CNC4=CC(O[Si](C(C)C)(C(C)C)C(C)C)CC[C@]4(C)[C@@H]3CC[C@]12C. The molecule has 2 saturated carbocycles. The predicted molar refractivity (Wildman–Crippen MR) is 156 cm³/mol. The zero-order valence-corrected chi connectivity index (χ0v) is 26.7. The molecule has 3 aliphatic carbocycles. The monoisotopic (exact) mass is 545 g/mol. The molecule has 1 saturated heterocycles. The summed E-state index contributed by atoms with van der Waals surface area (Å²) in [6.07, 6.45) is 9.19. The van der Waals surface area contributed by atoms with E-state index in [0.717, 1.165) is 45.1 Å². The van der Waals surface area contributed by atoms with Crippen LogP contribution in [-0.2, 0) is 18.8 Å². The Balaban J connectivity index is 1.54. The second-order valence-corrected chi connectivity index (χ2v) is 19.8. The van der Waals surface area contributed by atoms with Crippen LogP contribution in [0.1, 0.15) is 107 Å². The Kier molecular flexibility index (Phi) is 8.66. The van der Waals surface area contributed by atoms with Crippen molar-refractivity contribution in [2.24, 2.45) is 34.5 Å². The first-order chi connectivity index (χ1) is 17.8. The van der Waals surface area contributed by atoms with E-state index in [0.29, 0.717) is 41.5 Å². The van der Waals surface area contributed by atoms with Crippen molar-refractivity contribution in [2.45, 2.75) is 130 Å². The summed E-state index contributed by atoms with van der Waals surface area (Å²) >= 11 is 0. The molecule has 2 unspecified atom stereocenters. The van der Waals surface area contributed by atoms with Crippen molar-refractivity contribution >= 4 is 20.1 Å². The molecule has 38 heavy (non-hydrogen) atoms. The van der Waals surface area contributed by atoms with Crippen molar-refractivity contribution in [2.75, 3.05) is 13.2 Å². The maximum absolute atomic E-state index is 13.3. The van der Waals surface area contributed by atoms with Crippen LogP contribution in [0.5, 0.6) is 0 Å². The van der Waals surface area contributed by atoms with Crippen LogP contribution in [0, 0.1) is 34.5 Å². The van der Waals surface area contributed by atoms with Gasteiger partial charge in [0.2, 0.25) is 8.32 Å². The standard InChI is InChI=1S/C32H55NO4Si/c1-10-11-16-36-30(35)29-27(34)18-26-24-19-33-28-17-23(37-38(20(2)3,21(4)5)22(6)7)12-14-31(28,8)25(24)13-15-32(26,29)9/h17,20-26,29,33H,10-16,18-19H2,1-9H3/t23?,24-,25-,26+,29?,31-,32+/m1/s1. The number of unbranched alkanes of at least 4 members (excludes halogenated alkanes) is 1. The number of carbonyl (C=O) groups is 2. The number of ketones is 1. The number of hydrogen-bond acceptors (Lipinski definition) is 5. The van der Waals surface area contributed by atoms with E-state index in [1.807, 2.05) is 0 Å². The Morgan fingerprint density at radius 2 is 1.71 bits per heavy atom. The van der Waals surface area contributed by atoms with Crippen molar-refractivity contribution in [3.8, 4) is 0 Å². The maximum atomic E-state index is 13.3. The van der Waals surface area contributed by atoms with Gasteiger partial charge in [0.1, 0.15) is 11.7 Å². The lowest BCUT2D eigenvalue weighted by atomic mass is 9.50. The van der Waals surface area contributed by atoms with Crippen LogP contribution in [0.4, 0.5) is 0 Å². The third-order valence-corrected chi connectivity index (χ3v) is 17.7. The number of Topliss-reactive ketones (excluding diaryl/α,β-unsaturated/α-hetero) is 1. The molecule has 0 aromatic heterocycles. The molecule has 0 spiro atoms. The van der Waals surface area contributed by atoms with Gasteiger partial charge in [-0.25, -0.2) is 0 Å². The van der Waals surface area contributed by atoms with E-state index < -0.39 is 14.2 Å². The van der Waals surface area contributed by atoms with Gasteiger partial charge in [-0.1, -0.05) is 68.7 Å². The molecule has 3 fully saturated rings. The fraction of sp³-hybridized carbons (Fsp3) is 0.875. The van der Waals surface area contributed by atoms with Crippen LogP contribution in [0.15, 0.2) is 11.8 Å². The molecule has 0 radical (unpaired) electrons. The Morgan fingerprint density at radius 3 is 2.32 bits per heavy atom. The minimum atomic E-state index is -1.95. The van der Waals surface area contributed by atoms with Crippen LogP contribution < -0.4 is 5.32 Å². The highest BCUT2D eigenvalue weighted by Crippen LogP contribution is 2.64. The topological polar surface area (TPSA) is 64.6 Å². The van der Waals surface area contributed by atoms with Gasteiger partial charge >= 0.3 is 5.97 Å². The van der Waals surface area contributed by atoms with Gasteiger partial charge in [-0.2, -0.15) is 0 Å². The van der Waals surface area contributed by atoms with Gasteiger partial charge in [0, 0.05) is 24.1 Å². The number of rotatable bonds is 9. The number of carbonyl (C=O) groups excluding carboxylic acids is 2. The van der Waals surface area contributed by atoms with E-state index >= 15 is 0 Å². The summed E-state index contributed by atoms with van der Waals surface area (Å²) in [4.78, 5) is 26.3. The van der Waals surface area contributed by atoms with Crippen molar-refractivity contribution < 1.29 is 18.8 Å². The van der Waals surface area contributed by atoms with Crippen LogP contribution in [-0.4, -0.2) is 39.3 Å². The zero-order valence-electron chi connectivity index (χ0n) is 25.7. The highest BCUT2D eigenvalue weighted by Gasteiger charge is 2.64. The Bertz CT molecular complexity index is 907. The summed E-state index contributed by atoms with van der Waals surface area (Å²) < 4.78 is 12.8. The minimum Gasteiger partial charge on any atom is -0.465 e. The van der Waals surface area contributed by atoms with E-state index in [-0.39, 0.29) is 34.6 Å². The molecule has 216 valence electrons. The summed E-state index contributed by atoms with van der Waals surface area (Å²) in [7, 11) is -1.95. The Hall–Kier alpha value is -1.14. The molecule has 5 nitrogen and oxygen atoms in total. The molecule has 4 aliphatic rings. The van der Waals surface area contributed by atoms with Crippen LogP contribution >= 0.6 is 0 Å².